The lowest BCUT2D eigenvalue weighted by atomic mass is 9.89. The molecule has 0 bridgehead atoms. The van der Waals surface area contributed by atoms with Crippen molar-refractivity contribution in [1.29, 1.82) is 0 Å². The van der Waals surface area contributed by atoms with Crippen LogP contribution in [0.2, 0.25) is 0 Å². The lowest BCUT2D eigenvalue weighted by Gasteiger charge is -2.32. The first kappa shape index (κ1) is 23.7. The molecule has 2 aromatic carbocycles. The zero-order valence-electron chi connectivity index (χ0n) is 20.4. The van der Waals surface area contributed by atoms with Gasteiger partial charge in [-0.25, -0.2) is 0 Å². The van der Waals surface area contributed by atoms with E-state index in [1.54, 1.807) is 4.90 Å². The van der Waals surface area contributed by atoms with E-state index >= 15 is 0 Å². The first-order valence-electron chi connectivity index (χ1n) is 13.1. The third-order valence-electron chi connectivity index (χ3n) is 7.96. The molecule has 3 heterocycles. The molecule has 184 valence electrons. The van der Waals surface area contributed by atoms with E-state index in [1.807, 2.05) is 12.1 Å². The fraction of sp³-hybridized carbons (Fsp3) is 0.483. The minimum Gasteiger partial charge on any atom is -0.322 e. The van der Waals surface area contributed by atoms with Gasteiger partial charge in [0.05, 0.1) is 0 Å². The Balaban J connectivity index is 1.07. The molecule has 3 aliphatic rings. The number of piperidine rings is 2. The third-order valence-corrected chi connectivity index (χ3v) is 7.96. The number of fused-ring (bicyclic) bond motifs is 1. The Labute approximate surface area is 207 Å². The van der Waals surface area contributed by atoms with Gasteiger partial charge >= 0.3 is 0 Å². The molecular weight excluding hydrogens is 438 g/mol. The molecule has 6 nitrogen and oxygen atoms in total. The van der Waals surface area contributed by atoms with E-state index < -0.39 is 6.04 Å². The number of likely N-dealkylation sites (tertiary alicyclic amines) is 1. The second-order valence-electron chi connectivity index (χ2n) is 10.2. The highest BCUT2D eigenvalue weighted by atomic mass is 16.2. The Morgan fingerprint density at radius 2 is 1.66 bits per heavy atom. The summed E-state index contributed by atoms with van der Waals surface area (Å²) in [4.78, 5) is 41.1. The molecule has 0 spiro atoms. The summed E-state index contributed by atoms with van der Waals surface area (Å²) in [6.07, 6.45) is 7.62. The monoisotopic (exact) mass is 473 g/mol. The van der Waals surface area contributed by atoms with Crippen molar-refractivity contribution < 1.29 is 14.4 Å². The minimum absolute atomic E-state index is 0.0877. The van der Waals surface area contributed by atoms with E-state index in [1.165, 1.54) is 49.9 Å². The molecule has 0 aromatic heterocycles. The van der Waals surface area contributed by atoms with Crippen molar-refractivity contribution in [3.8, 4) is 0 Å². The molecule has 6 heteroatoms. The van der Waals surface area contributed by atoms with Crippen LogP contribution in [-0.4, -0.2) is 53.2 Å². The maximum Gasteiger partial charge on any atom is 0.255 e. The van der Waals surface area contributed by atoms with Crippen molar-refractivity contribution in [1.82, 2.24) is 15.1 Å². The molecule has 5 rings (SSSR count). The SMILES string of the molecule is O=C1CCC(N2Cc3c(CCCCCN4CCC(c5ccccc5)CC4)cccc3C2=O)C(=O)N1. The number of hydrogen-bond donors (Lipinski definition) is 1. The zero-order chi connectivity index (χ0) is 24.2. The van der Waals surface area contributed by atoms with Crippen LogP contribution in [0.15, 0.2) is 48.5 Å². The Morgan fingerprint density at radius 1 is 0.857 bits per heavy atom. The number of nitrogens with one attached hydrogen (secondary N) is 1. The number of aryl methyl sites for hydroxylation is 1. The predicted molar refractivity (Wildman–Crippen MR) is 135 cm³/mol. The number of hydrogen-bond acceptors (Lipinski definition) is 4. The van der Waals surface area contributed by atoms with Crippen molar-refractivity contribution in [2.45, 2.75) is 69.9 Å². The second-order valence-corrected chi connectivity index (χ2v) is 10.2. The van der Waals surface area contributed by atoms with Gasteiger partial charge in [0, 0.05) is 18.5 Å². The lowest BCUT2D eigenvalue weighted by Crippen LogP contribution is -2.52. The summed E-state index contributed by atoms with van der Waals surface area (Å²) in [5.74, 6) is 0.0127. The number of amides is 3. The van der Waals surface area contributed by atoms with Crippen molar-refractivity contribution >= 4 is 17.7 Å². The Morgan fingerprint density at radius 3 is 2.43 bits per heavy atom. The molecule has 1 unspecified atom stereocenters. The molecule has 1 atom stereocenters. The summed E-state index contributed by atoms with van der Waals surface area (Å²) in [5, 5.41) is 2.38. The normalized spacial score (nSPS) is 21.3. The van der Waals surface area contributed by atoms with Gasteiger partial charge in [0.2, 0.25) is 11.8 Å². The summed E-state index contributed by atoms with van der Waals surface area (Å²) in [5.41, 5.74) is 4.48. The zero-order valence-corrected chi connectivity index (χ0v) is 20.4. The number of carbonyl (C=O) groups excluding carboxylic acids is 3. The largest absolute Gasteiger partial charge is 0.322 e. The van der Waals surface area contributed by atoms with Crippen LogP contribution in [0.4, 0.5) is 0 Å². The van der Waals surface area contributed by atoms with Crippen LogP contribution >= 0.6 is 0 Å². The number of rotatable bonds is 8. The van der Waals surface area contributed by atoms with E-state index in [2.05, 4.69) is 46.6 Å². The van der Waals surface area contributed by atoms with Gasteiger partial charge in [-0.15, -0.1) is 0 Å². The molecule has 0 radical (unpaired) electrons. The molecule has 0 saturated carbocycles. The molecule has 3 aliphatic heterocycles. The number of carbonyl (C=O) groups is 3. The first-order valence-corrected chi connectivity index (χ1v) is 13.1. The van der Waals surface area contributed by atoms with Crippen LogP contribution in [0, 0.1) is 0 Å². The van der Waals surface area contributed by atoms with Crippen LogP contribution in [0.25, 0.3) is 0 Å². The molecule has 2 saturated heterocycles. The van der Waals surface area contributed by atoms with Crippen molar-refractivity contribution in [3.05, 3.63) is 70.8 Å². The van der Waals surface area contributed by atoms with Gasteiger partial charge in [-0.3, -0.25) is 19.7 Å². The number of benzene rings is 2. The van der Waals surface area contributed by atoms with E-state index in [-0.39, 0.29) is 24.1 Å². The molecule has 35 heavy (non-hydrogen) atoms. The van der Waals surface area contributed by atoms with Gasteiger partial charge < -0.3 is 9.80 Å². The van der Waals surface area contributed by atoms with E-state index in [4.69, 9.17) is 0 Å². The fourth-order valence-electron chi connectivity index (χ4n) is 5.93. The highest BCUT2D eigenvalue weighted by Crippen LogP contribution is 2.31. The van der Waals surface area contributed by atoms with Crippen LogP contribution in [0.1, 0.15) is 77.9 Å². The van der Waals surface area contributed by atoms with Crippen LogP contribution in [0.3, 0.4) is 0 Å². The summed E-state index contributed by atoms with van der Waals surface area (Å²) >= 11 is 0. The average Bonchev–Trinajstić information content (AvgIpc) is 3.21. The smallest absolute Gasteiger partial charge is 0.255 e. The predicted octanol–water partition coefficient (Wildman–Crippen LogP) is 4.04. The molecule has 2 fully saturated rings. The lowest BCUT2D eigenvalue weighted by molar-refractivity contribution is -0.136. The molecule has 2 aromatic rings. The second kappa shape index (κ2) is 10.7. The van der Waals surface area contributed by atoms with Gasteiger partial charge in [0.1, 0.15) is 6.04 Å². The summed E-state index contributed by atoms with van der Waals surface area (Å²) in [6, 6.07) is 16.3. The van der Waals surface area contributed by atoms with Gasteiger partial charge in [-0.05, 0) is 86.8 Å². The Bertz CT molecular complexity index is 1080. The van der Waals surface area contributed by atoms with Gasteiger partial charge in [0.15, 0.2) is 0 Å². The average molecular weight is 474 g/mol. The number of imide groups is 1. The van der Waals surface area contributed by atoms with Gasteiger partial charge in [-0.1, -0.05) is 48.9 Å². The van der Waals surface area contributed by atoms with Crippen molar-refractivity contribution in [2.24, 2.45) is 0 Å². The maximum absolute atomic E-state index is 13.0. The highest BCUT2D eigenvalue weighted by molar-refractivity contribution is 6.05. The van der Waals surface area contributed by atoms with Crippen LogP contribution in [-0.2, 0) is 22.6 Å². The topological polar surface area (TPSA) is 69.7 Å². The summed E-state index contributed by atoms with van der Waals surface area (Å²) in [7, 11) is 0. The van der Waals surface area contributed by atoms with Crippen molar-refractivity contribution in [2.75, 3.05) is 19.6 Å². The Hall–Kier alpha value is -2.99. The maximum atomic E-state index is 13.0. The highest BCUT2D eigenvalue weighted by Gasteiger charge is 2.39. The summed E-state index contributed by atoms with van der Waals surface area (Å²) < 4.78 is 0. The van der Waals surface area contributed by atoms with Crippen molar-refractivity contribution in [3.63, 3.8) is 0 Å². The molecular formula is C29H35N3O3. The van der Waals surface area contributed by atoms with E-state index in [0.29, 0.717) is 24.4 Å². The Kier molecular flexibility index (Phi) is 7.28. The number of nitrogens with zero attached hydrogens (tertiary/aromatic N) is 2. The van der Waals surface area contributed by atoms with Crippen LogP contribution in [0.5, 0.6) is 0 Å². The third kappa shape index (κ3) is 5.32. The summed E-state index contributed by atoms with van der Waals surface area (Å²) in [6.45, 7) is 4.00. The van der Waals surface area contributed by atoms with Crippen LogP contribution < -0.4 is 5.32 Å². The quantitative estimate of drug-likeness (QED) is 0.464. The standard InChI is InChI=1S/C29H35N3O3/c33-27-14-13-26(28(34)30-27)32-20-25-23(11-7-12-24(25)29(32)35)10-5-2-6-17-31-18-15-22(16-19-31)21-8-3-1-4-9-21/h1,3-4,7-9,11-12,22,26H,2,5-6,10,13-20H2,(H,30,33,34). The molecule has 3 amide bonds. The molecule has 1 N–H and O–H groups in total. The molecule has 0 aliphatic carbocycles. The van der Waals surface area contributed by atoms with E-state index in [9.17, 15) is 14.4 Å². The minimum atomic E-state index is -0.550. The fourth-order valence-corrected chi connectivity index (χ4v) is 5.93. The van der Waals surface area contributed by atoms with Gasteiger partial charge in [0.25, 0.3) is 5.91 Å². The number of unbranched alkanes of at least 4 members (excludes halogenated alkanes) is 2. The first-order chi connectivity index (χ1) is 17.1. The van der Waals surface area contributed by atoms with Gasteiger partial charge in [-0.2, -0.15) is 0 Å². The van der Waals surface area contributed by atoms with E-state index in [0.717, 1.165) is 24.9 Å².